The number of benzene rings is 9. The van der Waals surface area contributed by atoms with Crippen molar-refractivity contribution in [1.29, 1.82) is 0 Å². The van der Waals surface area contributed by atoms with E-state index in [4.69, 9.17) is 0 Å². The van der Waals surface area contributed by atoms with Gasteiger partial charge < -0.3 is 4.90 Å². The number of rotatable bonds is 6. The van der Waals surface area contributed by atoms with Crippen molar-refractivity contribution >= 4 is 38.6 Å². The molecule has 1 aliphatic rings. The van der Waals surface area contributed by atoms with Gasteiger partial charge in [0.1, 0.15) is 0 Å². The maximum Gasteiger partial charge on any atom is 0.0625 e. The molecule has 0 saturated heterocycles. The highest BCUT2D eigenvalue weighted by molar-refractivity contribution is 6.23. The highest BCUT2D eigenvalue weighted by atomic mass is 15.1. The zero-order valence-corrected chi connectivity index (χ0v) is 30.5. The average Bonchev–Trinajstić information content (AvgIpc) is 3.47. The molecule has 9 aromatic carbocycles. The second kappa shape index (κ2) is 12.8. The van der Waals surface area contributed by atoms with E-state index in [0.29, 0.717) is 0 Å². The second-order valence-corrected chi connectivity index (χ2v) is 14.9. The average molecular weight is 690 g/mol. The fourth-order valence-corrected chi connectivity index (χ4v) is 8.89. The first-order valence-electron chi connectivity index (χ1n) is 18.9. The van der Waals surface area contributed by atoms with Crippen LogP contribution in [0.25, 0.3) is 66.1 Å². The summed E-state index contributed by atoms with van der Waals surface area (Å²) in [5.41, 5.74) is 15.9. The summed E-state index contributed by atoms with van der Waals surface area (Å²) in [7, 11) is 0. The minimum atomic E-state index is -0.0755. The molecule has 0 heterocycles. The summed E-state index contributed by atoms with van der Waals surface area (Å²) in [5.74, 6) is 0. The molecule has 1 nitrogen and oxygen atoms in total. The largest absolute Gasteiger partial charge is 0.309 e. The second-order valence-electron chi connectivity index (χ2n) is 14.9. The van der Waals surface area contributed by atoms with Gasteiger partial charge in [0, 0.05) is 27.7 Å². The van der Waals surface area contributed by atoms with Crippen LogP contribution in [0.5, 0.6) is 0 Å². The Balaban J connectivity index is 1.34. The van der Waals surface area contributed by atoms with Crippen LogP contribution in [0, 0.1) is 0 Å². The Morgan fingerprint density at radius 3 is 1.61 bits per heavy atom. The van der Waals surface area contributed by atoms with E-state index in [0.717, 1.165) is 11.4 Å². The van der Waals surface area contributed by atoms with E-state index in [1.807, 2.05) is 0 Å². The van der Waals surface area contributed by atoms with Gasteiger partial charge in [-0.15, -0.1) is 0 Å². The summed E-state index contributed by atoms with van der Waals surface area (Å²) in [6.07, 6.45) is 0. The molecule has 0 fully saturated rings. The smallest absolute Gasteiger partial charge is 0.0625 e. The lowest BCUT2D eigenvalue weighted by Gasteiger charge is -2.32. The van der Waals surface area contributed by atoms with Crippen molar-refractivity contribution in [2.45, 2.75) is 19.3 Å². The first-order valence-corrected chi connectivity index (χ1v) is 18.9. The van der Waals surface area contributed by atoms with E-state index in [9.17, 15) is 0 Å². The SMILES string of the molecule is CC1(C)c2ccccc2-c2cc(N(c3ccccc3)c3c(-c4ccc(-c5ccccc5)cc4-c4ccccc4)c4ccccc4c4ccccc34)ccc21. The Morgan fingerprint density at radius 1 is 0.333 bits per heavy atom. The maximum atomic E-state index is 2.51. The molecule has 9 aromatic rings. The number of nitrogens with zero attached hydrogens (tertiary/aromatic N) is 1. The molecular formula is C53H39N. The fraction of sp³-hybridized carbons (Fsp3) is 0.0566. The number of para-hydroxylation sites is 1. The fourth-order valence-electron chi connectivity index (χ4n) is 8.89. The third-order valence-electron chi connectivity index (χ3n) is 11.4. The summed E-state index contributed by atoms with van der Waals surface area (Å²) in [6.45, 7) is 4.71. The lowest BCUT2D eigenvalue weighted by atomic mass is 9.82. The molecule has 1 aliphatic carbocycles. The highest BCUT2D eigenvalue weighted by Gasteiger charge is 2.36. The third-order valence-corrected chi connectivity index (χ3v) is 11.4. The van der Waals surface area contributed by atoms with Crippen molar-refractivity contribution < 1.29 is 0 Å². The predicted octanol–water partition coefficient (Wildman–Crippen LogP) is 14.8. The van der Waals surface area contributed by atoms with E-state index in [2.05, 4.69) is 219 Å². The van der Waals surface area contributed by atoms with Crippen LogP contribution in [0.4, 0.5) is 17.1 Å². The summed E-state index contributed by atoms with van der Waals surface area (Å²) in [5, 5.41) is 4.92. The molecule has 54 heavy (non-hydrogen) atoms. The maximum absolute atomic E-state index is 2.51. The number of hydrogen-bond acceptors (Lipinski definition) is 1. The predicted molar refractivity (Wildman–Crippen MR) is 230 cm³/mol. The highest BCUT2D eigenvalue weighted by Crippen LogP contribution is 2.54. The van der Waals surface area contributed by atoms with Gasteiger partial charge in [-0.05, 0) is 96.6 Å². The molecule has 0 saturated carbocycles. The van der Waals surface area contributed by atoms with Crippen molar-refractivity contribution in [2.24, 2.45) is 0 Å². The van der Waals surface area contributed by atoms with Crippen molar-refractivity contribution in [3.05, 3.63) is 211 Å². The third kappa shape index (κ3) is 5.08. The van der Waals surface area contributed by atoms with Crippen molar-refractivity contribution in [3.8, 4) is 44.5 Å². The Kier molecular flexibility index (Phi) is 7.56. The van der Waals surface area contributed by atoms with Gasteiger partial charge in [0.2, 0.25) is 0 Å². The van der Waals surface area contributed by atoms with Gasteiger partial charge in [0.15, 0.2) is 0 Å². The summed E-state index contributed by atoms with van der Waals surface area (Å²) in [4.78, 5) is 2.51. The molecule has 0 bridgehead atoms. The minimum Gasteiger partial charge on any atom is -0.309 e. The minimum absolute atomic E-state index is 0.0755. The molecule has 0 aliphatic heterocycles. The van der Waals surface area contributed by atoms with Gasteiger partial charge in [-0.25, -0.2) is 0 Å². The van der Waals surface area contributed by atoms with Crippen molar-refractivity contribution in [3.63, 3.8) is 0 Å². The molecule has 0 radical (unpaired) electrons. The summed E-state index contributed by atoms with van der Waals surface area (Å²) < 4.78 is 0. The quantitative estimate of drug-likeness (QED) is 0.157. The molecular weight excluding hydrogens is 651 g/mol. The molecule has 0 unspecified atom stereocenters. The Bertz CT molecular complexity index is 2830. The number of anilines is 3. The number of fused-ring (bicyclic) bond motifs is 6. The van der Waals surface area contributed by atoms with E-state index in [1.165, 1.54) is 82.9 Å². The van der Waals surface area contributed by atoms with Crippen LogP contribution >= 0.6 is 0 Å². The van der Waals surface area contributed by atoms with Crippen LogP contribution in [-0.2, 0) is 5.41 Å². The van der Waals surface area contributed by atoms with E-state index in [1.54, 1.807) is 0 Å². The zero-order chi connectivity index (χ0) is 36.2. The lowest BCUT2D eigenvalue weighted by molar-refractivity contribution is 0.660. The molecule has 0 spiro atoms. The molecule has 0 aromatic heterocycles. The molecule has 10 rings (SSSR count). The summed E-state index contributed by atoms with van der Waals surface area (Å²) >= 11 is 0. The first kappa shape index (κ1) is 32.0. The van der Waals surface area contributed by atoms with Crippen LogP contribution in [0.1, 0.15) is 25.0 Å². The molecule has 0 N–H and O–H groups in total. The van der Waals surface area contributed by atoms with Crippen molar-refractivity contribution in [1.82, 2.24) is 0 Å². The number of hydrogen-bond donors (Lipinski definition) is 0. The monoisotopic (exact) mass is 689 g/mol. The molecule has 0 amide bonds. The topological polar surface area (TPSA) is 3.24 Å². The van der Waals surface area contributed by atoms with Crippen molar-refractivity contribution in [2.75, 3.05) is 4.90 Å². The van der Waals surface area contributed by atoms with Gasteiger partial charge in [-0.2, -0.15) is 0 Å². The van der Waals surface area contributed by atoms with E-state index < -0.39 is 0 Å². The standard InChI is InChI=1S/C53H39N/c1-53(2)49-29-17-16-26-43(49)48-35-40(31-33-50(48)53)54(39-22-10-5-11-23-39)52-46-28-15-13-25-42(46)41-24-12-14-27-44(41)51(52)45-32-30-38(36-18-6-3-7-19-36)34-47(45)37-20-8-4-9-21-37/h3-35H,1-2H3. The lowest BCUT2D eigenvalue weighted by Crippen LogP contribution is -2.16. The van der Waals surface area contributed by atoms with Crippen LogP contribution in [0.3, 0.4) is 0 Å². The Labute approximate surface area is 317 Å². The van der Waals surface area contributed by atoms with Gasteiger partial charge in [-0.3, -0.25) is 0 Å². The Morgan fingerprint density at radius 2 is 0.889 bits per heavy atom. The van der Waals surface area contributed by atoms with Gasteiger partial charge in [-0.1, -0.05) is 184 Å². The molecule has 1 heteroatoms. The molecule has 256 valence electrons. The van der Waals surface area contributed by atoms with Gasteiger partial charge >= 0.3 is 0 Å². The van der Waals surface area contributed by atoms with E-state index in [-0.39, 0.29) is 5.41 Å². The first-order chi connectivity index (χ1) is 26.6. The van der Waals surface area contributed by atoms with Crippen LogP contribution in [0.2, 0.25) is 0 Å². The Hall–Kier alpha value is -6.70. The van der Waals surface area contributed by atoms with Gasteiger partial charge in [0.05, 0.1) is 5.69 Å². The zero-order valence-electron chi connectivity index (χ0n) is 30.5. The van der Waals surface area contributed by atoms with Crippen LogP contribution < -0.4 is 4.90 Å². The normalized spacial score (nSPS) is 12.8. The molecule has 0 atom stereocenters. The summed E-state index contributed by atoms with van der Waals surface area (Å²) in [6, 6.07) is 73.5. The van der Waals surface area contributed by atoms with Crippen LogP contribution in [0.15, 0.2) is 200 Å². The van der Waals surface area contributed by atoms with Crippen LogP contribution in [-0.4, -0.2) is 0 Å². The van der Waals surface area contributed by atoms with Gasteiger partial charge in [0.25, 0.3) is 0 Å². The van der Waals surface area contributed by atoms with E-state index >= 15 is 0 Å².